The Hall–Kier alpha value is -2.75. The summed E-state index contributed by atoms with van der Waals surface area (Å²) in [6.07, 6.45) is 0.910. The lowest BCUT2D eigenvalue weighted by atomic mass is 10.1. The second-order valence-electron chi connectivity index (χ2n) is 7.88. The monoisotopic (exact) mass is 427 g/mol. The van der Waals surface area contributed by atoms with E-state index in [9.17, 15) is 9.90 Å². The summed E-state index contributed by atoms with van der Waals surface area (Å²) in [5.74, 6) is 0.936. The van der Waals surface area contributed by atoms with Gasteiger partial charge in [0.25, 0.3) is 0 Å². The number of rotatable bonds is 6. The number of anilines is 2. The van der Waals surface area contributed by atoms with Gasteiger partial charge in [-0.3, -0.25) is 4.90 Å². The predicted molar refractivity (Wildman–Crippen MR) is 124 cm³/mol. The molecule has 0 amide bonds. The van der Waals surface area contributed by atoms with Crippen LogP contribution in [-0.2, 0) is 4.79 Å². The maximum Gasteiger partial charge on any atom is 0.172 e. The Morgan fingerprint density at radius 1 is 1.16 bits per heavy atom. The van der Waals surface area contributed by atoms with Gasteiger partial charge in [-0.25, -0.2) is 0 Å². The van der Waals surface area contributed by atoms with Crippen LogP contribution in [0.1, 0.15) is 0 Å². The quantitative estimate of drug-likeness (QED) is 0.577. The van der Waals surface area contributed by atoms with E-state index in [0.29, 0.717) is 17.8 Å². The number of carbonyl (C=O) groups excluding carboxylic acids is 1. The third-order valence-corrected chi connectivity index (χ3v) is 5.45. The summed E-state index contributed by atoms with van der Waals surface area (Å²) in [4.78, 5) is 17.1. The van der Waals surface area contributed by atoms with Crippen molar-refractivity contribution in [2.75, 3.05) is 83.2 Å². The molecule has 2 aliphatic rings. The van der Waals surface area contributed by atoms with E-state index in [1.807, 2.05) is 30.1 Å². The number of carbonyl (C=O) groups is 1. The summed E-state index contributed by atoms with van der Waals surface area (Å²) in [6, 6.07) is 9.05. The number of para-hydroxylation sites is 1. The largest absolute Gasteiger partial charge is 0.507 e. The normalized spacial score (nSPS) is 16.2. The maximum atomic E-state index is 10.6. The standard InChI is InChI=1S/C17H21N5O2.C5H12N2/c1-21(10-11-23)8-9-22-7-6-18-17-15(22)12-14(19-20-17)13-4-2-3-5-16(13)24;1-7-4-2-6-3-5-7/h2-5,11-12,24H,6-10H2,1H3,(H,18,20);6H,2-5H2,1H3. The first-order chi connectivity index (χ1) is 15.1. The molecule has 3 N–H and O–H groups in total. The molecule has 3 heterocycles. The number of piperazine rings is 1. The Bertz CT molecular complexity index is 842. The van der Waals surface area contributed by atoms with Gasteiger partial charge in [0.2, 0.25) is 0 Å². The number of phenolic OH excluding ortho intramolecular Hbond substituents is 1. The highest BCUT2D eigenvalue weighted by atomic mass is 16.3. The van der Waals surface area contributed by atoms with Crippen LogP contribution in [0.25, 0.3) is 11.3 Å². The van der Waals surface area contributed by atoms with Crippen molar-refractivity contribution in [3.8, 4) is 17.0 Å². The molecule has 0 aliphatic carbocycles. The smallest absolute Gasteiger partial charge is 0.172 e. The first kappa shape index (κ1) is 22.9. The zero-order valence-corrected chi connectivity index (χ0v) is 18.4. The molecule has 0 saturated carbocycles. The van der Waals surface area contributed by atoms with Crippen molar-refractivity contribution < 1.29 is 9.90 Å². The Labute approximate surface area is 184 Å². The van der Waals surface area contributed by atoms with E-state index in [0.717, 1.165) is 57.1 Å². The van der Waals surface area contributed by atoms with Crippen molar-refractivity contribution in [2.45, 2.75) is 0 Å². The Morgan fingerprint density at radius 2 is 1.94 bits per heavy atom. The minimum Gasteiger partial charge on any atom is -0.507 e. The van der Waals surface area contributed by atoms with Gasteiger partial charge in [-0.15, -0.1) is 10.2 Å². The lowest BCUT2D eigenvalue weighted by Crippen LogP contribution is -2.40. The summed E-state index contributed by atoms with van der Waals surface area (Å²) < 4.78 is 0. The number of aromatic nitrogens is 2. The van der Waals surface area contributed by atoms with Gasteiger partial charge in [-0.05, 0) is 32.3 Å². The topological polar surface area (TPSA) is 96.9 Å². The van der Waals surface area contributed by atoms with E-state index >= 15 is 0 Å². The number of nitrogens with zero attached hydrogens (tertiary/aromatic N) is 5. The fourth-order valence-corrected chi connectivity index (χ4v) is 3.52. The summed E-state index contributed by atoms with van der Waals surface area (Å²) in [5, 5.41) is 25.1. The van der Waals surface area contributed by atoms with Gasteiger partial charge in [-0.1, -0.05) is 12.1 Å². The van der Waals surface area contributed by atoms with Crippen LogP contribution in [0.4, 0.5) is 11.5 Å². The molecule has 0 spiro atoms. The first-order valence-corrected chi connectivity index (χ1v) is 10.7. The SMILES string of the molecule is CN(CC=O)CCN1CCNc2nnc(-c3ccccc3O)cc21.CN1CCNCC1. The molecule has 168 valence electrons. The number of hydrogen-bond donors (Lipinski definition) is 3. The van der Waals surface area contributed by atoms with Crippen LogP contribution >= 0.6 is 0 Å². The number of benzene rings is 1. The van der Waals surface area contributed by atoms with E-state index in [2.05, 4.69) is 37.7 Å². The molecular formula is C22H33N7O2. The van der Waals surface area contributed by atoms with E-state index < -0.39 is 0 Å². The molecule has 1 fully saturated rings. The molecule has 1 saturated heterocycles. The lowest BCUT2D eigenvalue weighted by Gasteiger charge is -2.32. The maximum absolute atomic E-state index is 10.6. The van der Waals surface area contributed by atoms with Crippen molar-refractivity contribution in [1.82, 2.24) is 25.3 Å². The summed E-state index contributed by atoms with van der Waals surface area (Å²) in [7, 11) is 4.08. The van der Waals surface area contributed by atoms with Gasteiger partial charge >= 0.3 is 0 Å². The van der Waals surface area contributed by atoms with E-state index in [1.165, 1.54) is 13.1 Å². The first-order valence-electron chi connectivity index (χ1n) is 10.7. The average Bonchev–Trinajstić information content (AvgIpc) is 2.79. The Kier molecular flexibility index (Phi) is 8.57. The number of hydrogen-bond acceptors (Lipinski definition) is 9. The second-order valence-corrected chi connectivity index (χ2v) is 7.88. The van der Waals surface area contributed by atoms with Crippen LogP contribution in [0.5, 0.6) is 5.75 Å². The molecule has 0 unspecified atom stereocenters. The fourth-order valence-electron chi connectivity index (χ4n) is 3.52. The highest BCUT2D eigenvalue weighted by Crippen LogP contribution is 2.33. The number of fused-ring (bicyclic) bond motifs is 1. The van der Waals surface area contributed by atoms with E-state index in [-0.39, 0.29) is 5.75 Å². The summed E-state index contributed by atoms with van der Waals surface area (Å²) >= 11 is 0. The van der Waals surface area contributed by atoms with Crippen molar-refractivity contribution in [3.63, 3.8) is 0 Å². The third kappa shape index (κ3) is 6.61. The van der Waals surface area contributed by atoms with Gasteiger partial charge in [-0.2, -0.15) is 0 Å². The number of aldehydes is 1. The molecule has 9 heteroatoms. The molecule has 9 nitrogen and oxygen atoms in total. The van der Waals surface area contributed by atoms with Crippen molar-refractivity contribution in [2.24, 2.45) is 0 Å². The molecule has 31 heavy (non-hydrogen) atoms. The van der Waals surface area contributed by atoms with Crippen molar-refractivity contribution >= 4 is 17.8 Å². The third-order valence-electron chi connectivity index (χ3n) is 5.45. The molecule has 0 bridgehead atoms. The number of phenols is 1. The molecule has 0 radical (unpaired) electrons. The van der Waals surface area contributed by atoms with Gasteiger partial charge < -0.3 is 30.3 Å². The van der Waals surface area contributed by atoms with Gasteiger partial charge in [0.05, 0.1) is 17.9 Å². The number of aromatic hydroxyl groups is 1. The zero-order chi connectivity index (χ0) is 22.1. The number of likely N-dealkylation sites (N-methyl/N-ethyl adjacent to an activating group) is 2. The molecule has 4 rings (SSSR count). The Morgan fingerprint density at radius 3 is 2.61 bits per heavy atom. The van der Waals surface area contributed by atoms with Crippen LogP contribution in [-0.4, -0.2) is 104 Å². The van der Waals surface area contributed by atoms with Crippen molar-refractivity contribution in [1.29, 1.82) is 0 Å². The van der Waals surface area contributed by atoms with Gasteiger partial charge in [0.15, 0.2) is 5.82 Å². The van der Waals surface area contributed by atoms with Crippen molar-refractivity contribution in [3.05, 3.63) is 30.3 Å². The lowest BCUT2D eigenvalue weighted by molar-refractivity contribution is -0.108. The molecule has 1 aromatic heterocycles. The minimum absolute atomic E-state index is 0.188. The highest BCUT2D eigenvalue weighted by molar-refractivity contribution is 5.75. The van der Waals surface area contributed by atoms with Gasteiger partial charge in [0.1, 0.15) is 12.0 Å². The van der Waals surface area contributed by atoms with Crippen LogP contribution in [0.3, 0.4) is 0 Å². The summed E-state index contributed by atoms with van der Waals surface area (Å²) in [6.45, 7) is 8.41. The minimum atomic E-state index is 0.188. The van der Waals surface area contributed by atoms with Crippen LogP contribution in [0.2, 0.25) is 0 Å². The van der Waals surface area contributed by atoms with E-state index in [4.69, 9.17) is 0 Å². The van der Waals surface area contributed by atoms with Crippen LogP contribution < -0.4 is 15.5 Å². The van der Waals surface area contributed by atoms with E-state index in [1.54, 1.807) is 12.1 Å². The highest BCUT2D eigenvalue weighted by Gasteiger charge is 2.20. The average molecular weight is 428 g/mol. The molecule has 1 aromatic carbocycles. The fraction of sp³-hybridized carbons (Fsp3) is 0.500. The predicted octanol–water partition coefficient (Wildman–Crippen LogP) is 0.733. The summed E-state index contributed by atoms with van der Waals surface area (Å²) in [5.41, 5.74) is 2.27. The molecule has 0 atom stereocenters. The molecular weight excluding hydrogens is 394 g/mol. The second kappa shape index (κ2) is 11.6. The zero-order valence-electron chi connectivity index (χ0n) is 18.4. The number of nitrogens with one attached hydrogen (secondary N) is 2. The molecule has 2 aromatic rings. The van der Waals surface area contributed by atoms with Crippen LogP contribution in [0, 0.1) is 0 Å². The Balaban J connectivity index is 0.000000330. The van der Waals surface area contributed by atoms with Crippen LogP contribution in [0.15, 0.2) is 30.3 Å². The molecule has 2 aliphatic heterocycles. The van der Waals surface area contributed by atoms with Gasteiger partial charge in [0, 0.05) is 57.9 Å².